The lowest BCUT2D eigenvalue weighted by Crippen LogP contribution is -2.14. The molecule has 2 aromatic rings. The molecule has 1 heterocycles. The number of hydrogen-bond acceptors (Lipinski definition) is 4. The van der Waals surface area contributed by atoms with Crippen molar-refractivity contribution in [3.05, 3.63) is 34.0 Å². The van der Waals surface area contributed by atoms with E-state index in [1.54, 1.807) is 0 Å². The lowest BCUT2D eigenvalue weighted by atomic mass is 10.1. The third kappa shape index (κ3) is 4.28. The number of hydrogen-bond donors (Lipinski definition) is 0. The van der Waals surface area contributed by atoms with Gasteiger partial charge < -0.3 is 9.64 Å². The lowest BCUT2D eigenvalue weighted by molar-refractivity contribution is 0.492. The number of nitrogens with zero attached hydrogens (tertiary/aromatic N) is 3. The van der Waals surface area contributed by atoms with E-state index in [-0.39, 0.29) is 5.92 Å². The van der Waals surface area contributed by atoms with E-state index in [1.165, 1.54) is 11.5 Å². The highest BCUT2D eigenvalue weighted by molar-refractivity contribution is 7.08. The Morgan fingerprint density at radius 3 is 2.62 bits per heavy atom. The first kappa shape index (κ1) is 18.7. The topological polar surface area (TPSA) is 37.7 Å². The van der Waals surface area contributed by atoms with Gasteiger partial charge in [0.05, 0.1) is 17.7 Å². The first-order valence-electron chi connectivity index (χ1n) is 8.02. The van der Waals surface area contributed by atoms with Crippen molar-refractivity contribution in [2.24, 2.45) is 4.99 Å². The predicted octanol–water partition coefficient (Wildman–Crippen LogP) is 5.94. The van der Waals surface area contributed by atoms with Crippen LogP contribution >= 0.6 is 23.1 Å². The maximum Gasteiger partial charge on any atom is 0.219 e. The molecule has 0 aliphatic rings. The second kappa shape index (κ2) is 7.99. The number of aryl methyl sites for hydroxylation is 2. The van der Waals surface area contributed by atoms with Gasteiger partial charge in [0.1, 0.15) is 10.8 Å². The Balaban J connectivity index is 2.26. The Morgan fingerprint density at radius 2 is 2.04 bits per heavy atom. The molecule has 4 nitrogen and oxygen atoms in total. The molecule has 6 heteroatoms. The van der Waals surface area contributed by atoms with Crippen LogP contribution in [-0.2, 0) is 0 Å². The molecule has 1 aromatic carbocycles. The van der Waals surface area contributed by atoms with Gasteiger partial charge in [0.15, 0.2) is 0 Å². The first-order chi connectivity index (χ1) is 11.3. The molecule has 0 fully saturated rings. The molecule has 2 rings (SSSR count). The number of benzene rings is 1. The van der Waals surface area contributed by atoms with Crippen LogP contribution in [0.4, 0.5) is 5.69 Å². The Labute approximate surface area is 153 Å². The fourth-order valence-electron chi connectivity index (χ4n) is 2.06. The van der Waals surface area contributed by atoms with Gasteiger partial charge in [0, 0.05) is 25.1 Å². The summed E-state index contributed by atoms with van der Waals surface area (Å²) in [5.41, 5.74) is 3.90. The fraction of sp³-hybridized carbons (Fsp3) is 0.444. The molecule has 0 saturated heterocycles. The number of aromatic nitrogens is 1. The van der Waals surface area contributed by atoms with Crippen LogP contribution in [0, 0.1) is 13.8 Å². The van der Waals surface area contributed by atoms with Crippen LogP contribution in [0.15, 0.2) is 17.1 Å². The predicted molar refractivity (Wildman–Crippen MR) is 104 cm³/mol. The second-order valence-electron chi connectivity index (χ2n) is 6.15. The maximum atomic E-state index is 6.39. The number of ether oxygens (including phenoxy) is 1. The van der Waals surface area contributed by atoms with E-state index in [9.17, 15) is 0 Å². The maximum absolute atomic E-state index is 6.39. The molecule has 0 bridgehead atoms. The molecule has 1 aromatic heterocycles. The van der Waals surface area contributed by atoms with Gasteiger partial charge in [-0.15, -0.1) is 0 Å². The van der Waals surface area contributed by atoms with Crippen LogP contribution < -0.4 is 4.74 Å². The molecule has 0 aliphatic heterocycles. The van der Waals surface area contributed by atoms with E-state index in [4.69, 9.17) is 16.3 Å². The first-order valence-corrected chi connectivity index (χ1v) is 9.17. The molecule has 0 amide bonds. The molecule has 0 unspecified atom stereocenters. The fourth-order valence-corrected chi connectivity index (χ4v) is 3.31. The van der Waals surface area contributed by atoms with Crippen molar-refractivity contribution < 1.29 is 4.74 Å². The second-order valence-corrected chi connectivity index (χ2v) is 7.26. The molecule has 0 spiro atoms. The molecule has 0 radical (unpaired) electrons. The van der Waals surface area contributed by atoms with Crippen molar-refractivity contribution in [1.82, 2.24) is 9.27 Å². The third-order valence-electron chi connectivity index (χ3n) is 3.77. The van der Waals surface area contributed by atoms with E-state index in [0.29, 0.717) is 10.1 Å². The van der Waals surface area contributed by atoms with Crippen molar-refractivity contribution in [2.45, 2.75) is 40.5 Å². The third-order valence-corrected chi connectivity index (χ3v) is 4.99. The van der Waals surface area contributed by atoms with E-state index in [1.807, 2.05) is 44.3 Å². The molecule has 130 valence electrons. The zero-order valence-electron chi connectivity index (χ0n) is 15.1. The Bertz CT molecular complexity index is 740. The largest absolute Gasteiger partial charge is 0.443 e. The van der Waals surface area contributed by atoms with E-state index < -0.39 is 0 Å². The van der Waals surface area contributed by atoms with Crippen LogP contribution in [0.3, 0.4) is 0 Å². The normalized spacial score (nSPS) is 11.5. The molecular formula is C18H24ClN3OS. The van der Waals surface area contributed by atoms with Gasteiger partial charge in [-0.05, 0) is 49.9 Å². The Hall–Kier alpha value is -1.59. The monoisotopic (exact) mass is 365 g/mol. The molecular weight excluding hydrogens is 342 g/mol. The van der Waals surface area contributed by atoms with Crippen molar-refractivity contribution in [3.63, 3.8) is 0 Å². The minimum Gasteiger partial charge on any atom is -0.443 e. The van der Waals surface area contributed by atoms with Crippen molar-refractivity contribution in [2.75, 3.05) is 13.6 Å². The zero-order valence-corrected chi connectivity index (χ0v) is 16.6. The smallest absolute Gasteiger partial charge is 0.219 e. The van der Waals surface area contributed by atoms with E-state index in [2.05, 4.69) is 30.1 Å². The summed E-state index contributed by atoms with van der Waals surface area (Å²) < 4.78 is 10.4. The minimum absolute atomic E-state index is 0.279. The molecule has 0 atom stereocenters. The summed E-state index contributed by atoms with van der Waals surface area (Å²) in [6.07, 6.45) is 1.84. The Kier molecular flexibility index (Phi) is 6.24. The summed E-state index contributed by atoms with van der Waals surface area (Å²) in [6.45, 7) is 11.2. The van der Waals surface area contributed by atoms with Crippen molar-refractivity contribution in [3.8, 4) is 10.8 Å². The van der Waals surface area contributed by atoms with Crippen LogP contribution in [0.5, 0.6) is 10.8 Å². The summed E-state index contributed by atoms with van der Waals surface area (Å²) in [5.74, 6) is 1.07. The van der Waals surface area contributed by atoms with Gasteiger partial charge in [-0.25, -0.2) is 4.99 Å². The van der Waals surface area contributed by atoms with Gasteiger partial charge in [-0.2, -0.15) is 4.37 Å². The summed E-state index contributed by atoms with van der Waals surface area (Å²) in [5, 5.41) is 1.25. The Morgan fingerprint density at radius 1 is 1.33 bits per heavy atom. The number of halogens is 1. The van der Waals surface area contributed by atoms with E-state index in [0.717, 1.165) is 34.8 Å². The summed E-state index contributed by atoms with van der Waals surface area (Å²) in [4.78, 5) is 6.57. The van der Waals surface area contributed by atoms with Gasteiger partial charge >= 0.3 is 0 Å². The molecule has 0 N–H and O–H groups in total. The lowest BCUT2D eigenvalue weighted by Gasteiger charge is -2.12. The highest BCUT2D eigenvalue weighted by Crippen LogP contribution is 2.40. The van der Waals surface area contributed by atoms with Gasteiger partial charge in [0.25, 0.3) is 0 Å². The minimum atomic E-state index is 0.279. The highest BCUT2D eigenvalue weighted by Gasteiger charge is 2.17. The average molecular weight is 366 g/mol. The van der Waals surface area contributed by atoms with Crippen LogP contribution in [0.2, 0.25) is 5.02 Å². The van der Waals surface area contributed by atoms with Crippen molar-refractivity contribution >= 4 is 35.2 Å². The highest BCUT2D eigenvalue weighted by atomic mass is 35.5. The molecule has 24 heavy (non-hydrogen) atoms. The van der Waals surface area contributed by atoms with Crippen LogP contribution in [0.25, 0.3) is 0 Å². The van der Waals surface area contributed by atoms with Crippen LogP contribution in [-0.4, -0.2) is 29.2 Å². The van der Waals surface area contributed by atoms with Crippen molar-refractivity contribution in [1.29, 1.82) is 0 Å². The molecule has 0 saturated carbocycles. The zero-order chi connectivity index (χ0) is 17.9. The number of aliphatic imine (C=N–C) groups is 1. The van der Waals surface area contributed by atoms with E-state index >= 15 is 0 Å². The van der Waals surface area contributed by atoms with Gasteiger partial charge in [-0.3, -0.25) is 0 Å². The number of rotatable bonds is 6. The summed E-state index contributed by atoms with van der Waals surface area (Å²) in [6, 6.07) is 4.03. The SMILES string of the molecule is CCN(C)/C=N\c1cc(C)c(Oc2snc(C(C)C)c2Cl)cc1C. The standard InChI is InChI=1S/C18H24ClN3OS/c1-7-22(6)10-20-14-8-13(5)15(9-12(14)4)23-18-16(19)17(11(2)3)21-24-18/h8-11H,7H2,1-6H3/b20-10-. The molecule has 0 aliphatic carbocycles. The summed E-state index contributed by atoms with van der Waals surface area (Å²) in [7, 11) is 2.00. The average Bonchev–Trinajstić information content (AvgIpc) is 2.90. The van der Waals surface area contributed by atoms with Gasteiger partial charge in [-0.1, -0.05) is 25.4 Å². The van der Waals surface area contributed by atoms with Crippen LogP contribution in [0.1, 0.15) is 43.5 Å². The summed E-state index contributed by atoms with van der Waals surface area (Å²) >= 11 is 7.68. The quantitative estimate of drug-likeness (QED) is 0.469. The van der Waals surface area contributed by atoms with Gasteiger partial charge in [0.2, 0.25) is 5.06 Å².